The predicted molar refractivity (Wildman–Crippen MR) is 87.6 cm³/mol. The number of nitro groups is 1. The molecular formula is C18H13N3O3. The molecule has 1 aliphatic heterocycles. The third-order valence-electron chi connectivity index (χ3n) is 4.36. The Hall–Kier alpha value is -3.17. The molecule has 0 bridgehead atoms. The number of nitrogens with zero attached hydrogens (tertiary/aromatic N) is 2. The van der Waals surface area contributed by atoms with E-state index in [2.05, 4.69) is 11.1 Å². The largest absolute Gasteiger partial charge is 0.367 e. The standard InChI is InChI=1S/C18H13N3O3/c19-10-12-4-2-6-15-16(12)14-7-8-24-18(17(14)20-15)11-3-1-5-13(9-11)21(22)23/h1-6,9,18,20H,7-8H2. The summed E-state index contributed by atoms with van der Waals surface area (Å²) in [6.07, 6.45) is 0.312. The molecule has 0 fully saturated rings. The number of nitrogens with one attached hydrogen (secondary N) is 1. The number of ether oxygens (including phenoxy) is 1. The molecule has 6 nitrogen and oxygen atoms in total. The number of rotatable bonds is 2. The fourth-order valence-corrected chi connectivity index (χ4v) is 3.34. The van der Waals surface area contributed by atoms with Crippen LogP contribution in [0.5, 0.6) is 0 Å². The Bertz CT molecular complexity index is 1000. The maximum absolute atomic E-state index is 11.0. The molecule has 0 amide bonds. The van der Waals surface area contributed by atoms with Gasteiger partial charge in [0.2, 0.25) is 0 Å². The summed E-state index contributed by atoms with van der Waals surface area (Å²) in [6, 6.07) is 14.3. The summed E-state index contributed by atoms with van der Waals surface area (Å²) in [7, 11) is 0. The molecule has 2 aromatic carbocycles. The van der Waals surface area contributed by atoms with Gasteiger partial charge < -0.3 is 9.72 Å². The summed E-state index contributed by atoms with van der Waals surface area (Å²) in [5.74, 6) is 0. The van der Waals surface area contributed by atoms with E-state index in [4.69, 9.17) is 4.74 Å². The molecule has 0 aliphatic carbocycles. The predicted octanol–water partition coefficient (Wildman–Crippen LogP) is 3.61. The normalized spacial score (nSPS) is 16.5. The van der Waals surface area contributed by atoms with E-state index in [9.17, 15) is 15.4 Å². The van der Waals surface area contributed by atoms with Crippen LogP contribution >= 0.6 is 0 Å². The van der Waals surface area contributed by atoms with Crippen molar-refractivity contribution in [1.29, 1.82) is 5.26 Å². The molecule has 0 saturated heterocycles. The third kappa shape index (κ3) is 2.14. The van der Waals surface area contributed by atoms with Gasteiger partial charge in [0.15, 0.2) is 0 Å². The first-order chi connectivity index (χ1) is 11.7. The Balaban J connectivity index is 1.90. The molecule has 1 aliphatic rings. The van der Waals surface area contributed by atoms with E-state index in [1.165, 1.54) is 12.1 Å². The van der Waals surface area contributed by atoms with Gasteiger partial charge in [-0.05, 0) is 29.7 Å². The summed E-state index contributed by atoms with van der Waals surface area (Å²) < 4.78 is 5.89. The van der Waals surface area contributed by atoms with Crippen LogP contribution in [0.4, 0.5) is 5.69 Å². The highest BCUT2D eigenvalue weighted by atomic mass is 16.6. The number of hydrogen-bond acceptors (Lipinski definition) is 4. The Labute approximate surface area is 137 Å². The second-order valence-electron chi connectivity index (χ2n) is 5.71. The van der Waals surface area contributed by atoms with Crippen molar-refractivity contribution in [3.05, 3.63) is 75.0 Å². The summed E-state index contributed by atoms with van der Waals surface area (Å²) in [5, 5.41) is 21.3. The zero-order valence-electron chi connectivity index (χ0n) is 12.7. The maximum atomic E-state index is 11.0. The Kier molecular flexibility index (Phi) is 3.29. The van der Waals surface area contributed by atoms with Crippen LogP contribution in [0.15, 0.2) is 42.5 Å². The molecule has 1 atom stereocenters. The summed E-state index contributed by atoms with van der Waals surface area (Å²) in [4.78, 5) is 14.0. The number of benzene rings is 2. The number of aromatic amines is 1. The van der Waals surface area contributed by atoms with Gasteiger partial charge in [0.25, 0.3) is 5.69 Å². The zero-order chi connectivity index (χ0) is 16.7. The Morgan fingerprint density at radius 1 is 1.29 bits per heavy atom. The minimum Gasteiger partial charge on any atom is -0.367 e. The SMILES string of the molecule is N#Cc1cccc2[nH]c3c(c12)CCOC3c1cccc([N+](=O)[O-])c1. The zero-order valence-corrected chi connectivity index (χ0v) is 12.7. The number of nitriles is 1. The van der Waals surface area contributed by atoms with Crippen LogP contribution < -0.4 is 0 Å². The van der Waals surface area contributed by atoms with Crippen LogP contribution in [-0.4, -0.2) is 16.5 Å². The lowest BCUT2D eigenvalue weighted by Crippen LogP contribution is -2.17. The fourth-order valence-electron chi connectivity index (χ4n) is 3.34. The van der Waals surface area contributed by atoms with E-state index in [-0.39, 0.29) is 5.69 Å². The van der Waals surface area contributed by atoms with Crippen molar-refractivity contribution in [2.24, 2.45) is 0 Å². The lowest BCUT2D eigenvalue weighted by Gasteiger charge is -2.23. The number of non-ortho nitro benzene ring substituents is 1. The maximum Gasteiger partial charge on any atom is 0.269 e. The first-order valence-electron chi connectivity index (χ1n) is 7.58. The molecule has 3 aromatic rings. The van der Waals surface area contributed by atoms with Gasteiger partial charge in [0, 0.05) is 23.0 Å². The number of H-pyrrole nitrogens is 1. The van der Waals surface area contributed by atoms with Crippen LogP contribution in [0.25, 0.3) is 10.9 Å². The molecule has 1 aromatic heterocycles. The second-order valence-corrected chi connectivity index (χ2v) is 5.71. The summed E-state index contributed by atoms with van der Waals surface area (Å²) in [6.45, 7) is 0.507. The monoisotopic (exact) mass is 319 g/mol. The van der Waals surface area contributed by atoms with E-state index < -0.39 is 11.0 Å². The second kappa shape index (κ2) is 5.48. The minimum atomic E-state index is -0.410. The van der Waals surface area contributed by atoms with E-state index in [0.717, 1.165) is 27.7 Å². The molecule has 0 saturated carbocycles. The quantitative estimate of drug-likeness (QED) is 0.577. The van der Waals surface area contributed by atoms with Crippen LogP contribution in [0.2, 0.25) is 0 Å². The lowest BCUT2D eigenvalue weighted by molar-refractivity contribution is -0.385. The molecule has 4 rings (SSSR count). The summed E-state index contributed by atoms with van der Waals surface area (Å²) in [5.41, 5.74) is 4.22. The van der Waals surface area contributed by atoms with Gasteiger partial charge in [-0.1, -0.05) is 18.2 Å². The van der Waals surface area contributed by atoms with Gasteiger partial charge in [-0.25, -0.2) is 0 Å². The molecule has 0 spiro atoms. The minimum absolute atomic E-state index is 0.0389. The van der Waals surface area contributed by atoms with Crippen molar-refractivity contribution < 1.29 is 9.66 Å². The van der Waals surface area contributed by atoms with Crippen LogP contribution in [-0.2, 0) is 11.2 Å². The smallest absolute Gasteiger partial charge is 0.269 e. The first-order valence-corrected chi connectivity index (χ1v) is 7.58. The van der Waals surface area contributed by atoms with E-state index in [0.29, 0.717) is 18.6 Å². The van der Waals surface area contributed by atoms with Gasteiger partial charge in [0.1, 0.15) is 6.10 Å². The van der Waals surface area contributed by atoms with E-state index >= 15 is 0 Å². The lowest BCUT2D eigenvalue weighted by atomic mass is 9.96. The van der Waals surface area contributed by atoms with Gasteiger partial charge in [-0.15, -0.1) is 0 Å². The average Bonchev–Trinajstić information content (AvgIpc) is 3.00. The van der Waals surface area contributed by atoms with Gasteiger partial charge >= 0.3 is 0 Å². The van der Waals surface area contributed by atoms with Gasteiger partial charge in [-0.3, -0.25) is 10.1 Å². The van der Waals surface area contributed by atoms with Crippen LogP contribution in [0, 0.1) is 21.4 Å². The van der Waals surface area contributed by atoms with E-state index in [1.807, 2.05) is 18.2 Å². The third-order valence-corrected chi connectivity index (χ3v) is 4.36. The highest BCUT2D eigenvalue weighted by molar-refractivity contribution is 5.90. The Morgan fingerprint density at radius 3 is 2.92 bits per heavy atom. The summed E-state index contributed by atoms with van der Waals surface area (Å²) >= 11 is 0. The molecule has 1 unspecified atom stereocenters. The molecule has 0 radical (unpaired) electrons. The molecule has 118 valence electrons. The molecule has 6 heteroatoms. The number of fused-ring (bicyclic) bond motifs is 3. The topological polar surface area (TPSA) is 92.0 Å². The van der Waals surface area contributed by atoms with Crippen LogP contribution in [0.1, 0.15) is 28.5 Å². The average molecular weight is 319 g/mol. The van der Waals surface area contributed by atoms with Crippen molar-refractivity contribution in [2.75, 3.05) is 6.61 Å². The molecular weight excluding hydrogens is 306 g/mol. The van der Waals surface area contributed by atoms with Crippen molar-refractivity contribution in [3.8, 4) is 6.07 Å². The molecule has 2 heterocycles. The Morgan fingerprint density at radius 2 is 2.12 bits per heavy atom. The molecule has 24 heavy (non-hydrogen) atoms. The van der Waals surface area contributed by atoms with Crippen molar-refractivity contribution in [1.82, 2.24) is 4.98 Å². The van der Waals surface area contributed by atoms with Gasteiger partial charge in [-0.2, -0.15) is 5.26 Å². The van der Waals surface area contributed by atoms with Crippen molar-refractivity contribution in [2.45, 2.75) is 12.5 Å². The van der Waals surface area contributed by atoms with E-state index in [1.54, 1.807) is 12.1 Å². The molecule has 1 N–H and O–H groups in total. The van der Waals surface area contributed by atoms with Crippen molar-refractivity contribution >= 4 is 16.6 Å². The van der Waals surface area contributed by atoms with Gasteiger partial charge in [0.05, 0.1) is 28.9 Å². The van der Waals surface area contributed by atoms with Crippen LogP contribution in [0.3, 0.4) is 0 Å². The highest BCUT2D eigenvalue weighted by Gasteiger charge is 2.28. The number of nitro benzene ring substituents is 1. The highest BCUT2D eigenvalue weighted by Crippen LogP contribution is 2.38. The first kappa shape index (κ1) is 14.4. The fraction of sp³-hybridized carbons (Fsp3) is 0.167. The number of aromatic nitrogens is 1. The van der Waals surface area contributed by atoms with Crippen molar-refractivity contribution in [3.63, 3.8) is 0 Å². The number of hydrogen-bond donors (Lipinski definition) is 1.